The van der Waals surface area contributed by atoms with Gasteiger partial charge in [0, 0.05) is 23.8 Å². The van der Waals surface area contributed by atoms with Gasteiger partial charge in [-0.15, -0.1) is 0 Å². The number of amides is 1. The van der Waals surface area contributed by atoms with Gasteiger partial charge < -0.3 is 20.3 Å². The second-order valence-electron chi connectivity index (χ2n) is 8.58. The van der Waals surface area contributed by atoms with E-state index in [-0.39, 0.29) is 5.54 Å². The SMILES string of the molecule is CCN(C(=O)O[C@@]1(c2ccc(-c3ccccc3)cc2)Nc2ccncc2N1)C(C)(C)C. The molecule has 6 nitrogen and oxygen atoms in total. The molecule has 2 heterocycles. The lowest BCUT2D eigenvalue weighted by Crippen LogP contribution is -2.51. The molecular weight excluding hydrogens is 388 g/mol. The molecule has 0 spiro atoms. The average molecular weight is 417 g/mol. The molecule has 0 fully saturated rings. The number of benzene rings is 2. The first-order valence-corrected chi connectivity index (χ1v) is 10.5. The first-order chi connectivity index (χ1) is 14.8. The maximum absolute atomic E-state index is 13.2. The molecule has 0 radical (unpaired) electrons. The number of hydrogen-bond donors (Lipinski definition) is 2. The molecule has 0 unspecified atom stereocenters. The number of carbonyl (C=O) groups excluding carboxylic acids is 1. The smallest absolute Gasteiger partial charge is 0.399 e. The van der Waals surface area contributed by atoms with Crippen LogP contribution in [0.25, 0.3) is 11.1 Å². The Labute approximate surface area is 183 Å². The van der Waals surface area contributed by atoms with E-state index in [1.165, 1.54) is 0 Å². The van der Waals surface area contributed by atoms with Crippen molar-refractivity contribution in [2.24, 2.45) is 0 Å². The molecule has 2 aromatic carbocycles. The first-order valence-electron chi connectivity index (χ1n) is 10.5. The number of ether oxygens (including phenoxy) is 1. The van der Waals surface area contributed by atoms with Gasteiger partial charge in [0.1, 0.15) is 0 Å². The number of nitrogens with zero attached hydrogens (tertiary/aromatic N) is 2. The fourth-order valence-corrected chi connectivity index (χ4v) is 3.86. The van der Waals surface area contributed by atoms with Gasteiger partial charge in [-0.2, -0.15) is 0 Å². The number of carbonyl (C=O) groups is 1. The summed E-state index contributed by atoms with van der Waals surface area (Å²) >= 11 is 0. The van der Waals surface area contributed by atoms with Crippen molar-refractivity contribution in [2.45, 2.75) is 39.1 Å². The predicted octanol–water partition coefficient (Wildman–Crippen LogP) is 5.65. The quantitative estimate of drug-likeness (QED) is 0.575. The minimum absolute atomic E-state index is 0.364. The van der Waals surface area contributed by atoms with Gasteiger partial charge in [-0.3, -0.25) is 4.98 Å². The van der Waals surface area contributed by atoms with Crippen molar-refractivity contribution < 1.29 is 9.53 Å². The van der Waals surface area contributed by atoms with E-state index in [1.54, 1.807) is 17.3 Å². The molecule has 2 N–H and O–H groups in total. The molecule has 1 aliphatic heterocycles. The van der Waals surface area contributed by atoms with Gasteiger partial charge >= 0.3 is 6.09 Å². The molecule has 1 aliphatic rings. The first kappa shape index (κ1) is 20.7. The van der Waals surface area contributed by atoms with E-state index in [2.05, 4.69) is 27.8 Å². The number of rotatable bonds is 4. The molecule has 31 heavy (non-hydrogen) atoms. The number of anilines is 2. The van der Waals surface area contributed by atoms with Crippen LogP contribution in [0.3, 0.4) is 0 Å². The lowest BCUT2D eigenvalue weighted by atomic mass is 10.0. The minimum Gasteiger partial charge on any atom is -0.399 e. The van der Waals surface area contributed by atoms with Gasteiger partial charge in [-0.25, -0.2) is 4.79 Å². The van der Waals surface area contributed by atoms with Crippen molar-refractivity contribution in [3.05, 3.63) is 78.6 Å². The van der Waals surface area contributed by atoms with Crippen molar-refractivity contribution >= 4 is 17.5 Å². The maximum atomic E-state index is 13.2. The molecular formula is C25H28N4O2. The Morgan fingerprint density at radius 1 is 0.968 bits per heavy atom. The summed E-state index contributed by atoms with van der Waals surface area (Å²) in [5.74, 6) is -1.23. The number of nitrogens with one attached hydrogen (secondary N) is 2. The predicted molar refractivity (Wildman–Crippen MR) is 124 cm³/mol. The maximum Gasteiger partial charge on any atom is 0.413 e. The van der Waals surface area contributed by atoms with Gasteiger partial charge in [0.05, 0.1) is 17.6 Å². The van der Waals surface area contributed by atoms with Crippen molar-refractivity contribution in [1.29, 1.82) is 0 Å². The third kappa shape index (κ3) is 4.06. The van der Waals surface area contributed by atoms with Gasteiger partial charge in [0.25, 0.3) is 5.85 Å². The summed E-state index contributed by atoms with van der Waals surface area (Å²) < 4.78 is 6.13. The molecule has 3 aromatic rings. The number of hydrogen-bond acceptors (Lipinski definition) is 5. The zero-order valence-electron chi connectivity index (χ0n) is 18.3. The normalized spacial score (nSPS) is 17.3. The van der Waals surface area contributed by atoms with Gasteiger partial charge in [0.15, 0.2) is 0 Å². The van der Waals surface area contributed by atoms with Crippen LogP contribution in [0.2, 0.25) is 0 Å². The van der Waals surface area contributed by atoms with Gasteiger partial charge in [0.2, 0.25) is 0 Å². The number of aromatic nitrogens is 1. The molecule has 0 saturated carbocycles. The largest absolute Gasteiger partial charge is 0.413 e. The zero-order valence-corrected chi connectivity index (χ0v) is 18.3. The van der Waals surface area contributed by atoms with E-state index in [0.717, 1.165) is 28.1 Å². The van der Waals surface area contributed by atoms with E-state index >= 15 is 0 Å². The Kier molecular flexibility index (Phi) is 5.31. The highest BCUT2D eigenvalue weighted by molar-refractivity contribution is 5.78. The van der Waals surface area contributed by atoms with Crippen LogP contribution in [0, 0.1) is 0 Å². The highest BCUT2D eigenvalue weighted by Crippen LogP contribution is 2.40. The molecule has 1 atom stereocenters. The van der Waals surface area contributed by atoms with Crippen molar-refractivity contribution in [1.82, 2.24) is 9.88 Å². The summed E-state index contributed by atoms with van der Waals surface area (Å²) in [6, 6.07) is 20.0. The monoisotopic (exact) mass is 416 g/mol. The molecule has 4 rings (SSSR count). The summed E-state index contributed by atoms with van der Waals surface area (Å²) in [7, 11) is 0. The van der Waals surface area contributed by atoms with E-state index in [9.17, 15) is 4.79 Å². The average Bonchev–Trinajstić information content (AvgIpc) is 3.13. The van der Waals surface area contributed by atoms with Gasteiger partial charge in [-0.05, 0) is 44.9 Å². The molecule has 1 amide bonds. The molecule has 0 aliphatic carbocycles. The number of pyridine rings is 1. The third-order valence-electron chi connectivity index (χ3n) is 5.43. The standard InChI is InChI=1S/C25H28N4O2/c1-5-29(24(2,3)4)23(30)31-25(27-21-15-16-26-17-22(21)28-25)20-13-11-19(12-14-20)18-9-7-6-8-10-18/h6-17,27-28H,5H2,1-4H3/t25-/m0/s1. The van der Waals surface area contributed by atoms with Crippen LogP contribution in [-0.2, 0) is 10.6 Å². The van der Waals surface area contributed by atoms with Crippen LogP contribution in [0.5, 0.6) is 0 Å². The Bertz CT molecular complexity index is 1030. The Morgan fingerprint density at radius 3 is 2.23 bits per heavy atom. The second kappa shape index (κ2) is 7.95. The summed E-state index contributed by atoms with van der Waals surface area (Å²) in [5, 5.41) is 6.71. The van der Waals surface area contributed by atoms with E-state index in [4.69, 9.17) is 4.74 Å². The summed E-state index contributed by atoms with van der Waals surface area (Å²) in [6.07, 6.45) is 3.03. The fourth-order valence-electron chi connectivity index (χ4n) is 3.86. The summed E-state index contributed by atoms with van der Waals surface area (Å²) in [5.41, 5.74) is 4.26. The lowest BCUT2D eigenvalue weighted by molar-refractivity contribution is 0.00786. The van der Waals surface area contributed by atoms with Crippen molar-refractivity contribution in [3.8, 4) is 11.1 Å². The van der Waals surface area contributed by atoms with Crippen LogP contribution < -0.4 is 10.6 Å². The van der Waals surface area contributed by atoms with Crippen LogP contribution >= 0.6 is 0 Å². The van der Waals surface area contributed by atoms with Crippen LogP contribution in [0.15, 0.2) is 73.1 Å². The van der Waals surface area contributed by atoms with Gasteiger partial charge in [-0.1, -0.05) is 54.6 Å². The van der Waals surface area contributed by atoms with Crippen LogP contribution in [-0.4, -0.2) is 28.1 Å². The highest BCUT2D eigenvalue weighted by atomic mass is 16.6. The van der Waals surface area contributed by atoms with Crippen LogP contribution in [0.1, 0.15) is 33.3 Å². The Hall–Kier alpha value is -3.54. The lowest BCUT2D eigenvalue weighted by Gasteiger charge is -2.38. The minimum atomic E-state index is -1.23. The van der Waals surface area contributed by atoms with E-state index in [0.29, 0.717) is 6.54 Å². The molecule has 0 bridgehead atoms. The summed E-state index contributed by atoms with van der Waals surface area (Å²) in [4.78, 5) is 19.1. The third-order valence-corrected chi connectivity index (χ3v) is 5.43. The molecule has 1 aromatic heterocycles. The van der Waals surface area contributed by atoms with E-state index < -0.39 is 11.9 Å². The van der Waals surface area contributed by atoms with E-state index in [1.807, 2.05) is 76.2 Å². The van der Waals surface area contributed by atoms with Crippen molar-refractivity contribution in [2.75, 3.05) is 17.2 Å². The van der Waals surface area contributed by atoms with Crippen molar-refractivity contribution in [3.63, 3.8) is 0 Å². The second-order valence-corrected chi connectivity index (χ2v) is 8.58. The Balaban J connectivity index is 1.70. The van der Waals surface area contributed by atoms with Crippen LogP contribution in [0.4, 0.5) is 16.2 Å². The number of fused-ring (bicyclic) bond motifs is 1. The Morgan fingerprint density at radius 2 is 1.61 bits per heavy atom. The molecule has 6 heteroatoms. The molecule has 0 saturated heterocycles. The highest BCUT2D eigenvalue weighted by Gasteiger charge is 2.44. The summed E-state index contributed by atoms with van der Waals surface area (Å²) in [6.45, 7) is 8.47. The fraction of sp³-hybridized carbons (Fsp3) is 0.280. The topological polar surface area (TPSA) is 66.5 Å². The molecule has 160 valence electrons. The zero-order chi connectivity index (χ0) is 22.1.